The van der Waals surface area contributed by atoms with Crippen LogP contribution in [0.25, 0.3) is 11.1 Å². The summed E-state index contributed by atoms with van der Waals surface area (Å²) in [5.74, 6) is -0.0261. The number of nitrogens with zero attached hydrogens (tertiary/aromatic N) is 1. The fourth-order valence-electron chi connectivity index (χ4n) is 3.64. The number of ether oxygens (including phenoxy) is 1. The molecule has 2 aromatic rings. The largest absolute Gasteiger partial charge is 1.00 e. The van der Waals surface area contributed by atoms with Crippen molar-refractivity contribution >= 4 is 12.4 Å². The average Bonchev–Trinajstić information content (AvgIpc) is 2.77. The predicted octanol–water partition coefficient (Wildman–Crippen LogP) is -0.644. The van der Waals surface area contributed by atoms with Crippen LogP contribution in [0.15, 0.2) is 42.5 Å². The second-order valence-corrected chi connectivity index (χ2v) is 7.66. The molecule has 1 saturated heterocycles. The standard InChI is InChI=1S/C24H25N3O4.CH3.K/c25-13-21(27-24(30)20-2-1-3-22(29)15-26-14-20)12-17-4-6-18(7-5-17)19-8-10-23(11-9-19)31-16-28;;/h4-10,20-22,26,29H,1-3,12,14-15H2,(H,27,30);1H3;/q-2;-1;+1. The molecule has 3 atom stereocenters. The molecule has 1 aliphatic rings. The van der Waals surface area contributed by atoms with Gasteiger partial charge >= 0.3 is 51.4 Å². The first-order chi connectivity index (χ1) is 15.1. The van der Waals surface area contributed by atoms with Crippen molar-refractivity contribution in [2.75, 3.05) is 13.1 Å². The third-order valence-electron chi connectivity index (χ3n) is 5.37. The summed E-state index contributed by atoms with van der Waals surface area (Å²) < 4.78 is 4.62. The van der Waals surface area contributed by atoms with Gasteiger partial charge in [0, 0.05) is 19.5 Å². The molecule has 0 aliphatic carbocycles. The molecule has 1 aliphatic heterocycles. The Hall–Kier alpha value is -1.57. The zero-order chi connectivity index (χ0) is 22.1. The Morgan fingerprint density at radius 1 is 1.24 bits per heavy atom. The molecular formula is C25H28KN3O4-2. The molecule has 3 unspecified atom stereocenters. The Morgan fingerprint density at radius 3 is 2.61 bits per heavy atom. The van der Waals surface area contributed by atoms with Crippen LogP contribution in [-0.4, -0.2) is 42.7 Å². The Morgan fingerprint density at radius 2 is 1.97 bits per heavy atom. The molecular weight excluding hydrogens is 445 g/mol. The van der Waals surface area contributed by atoms with Gasteiger partial charge in [0.15, 0.2) is 6.47 Å². The van der Waals surface area contributed by atoms with E-state index in [0.717, 1.165) is 23.1 Å². The van der Waals surface area contributed by atoms with E-state index in [4.69, 9.17) is 0 Å². The zero-order valence-corrected chi connectivity index (χ0v) is 22.3. The fourth-order valence-corrected chi connectivity index (χ4v) is 3.64. The summed E-state index contributed by atoms with van der Waals surface area (Å²) in [6.07, 6.45) is 2.20. The Bertz CT molecular complexity index is 903. The number of aliphatic hydroxyl groups excluding tert-OH is 1. The molecule has 7 nitrogen and oxygen atoms in total. The van der Waals surface area contributed by atoms with Crippen LogP contribution in [0, 0.1) is 30.7 Å². The van der Waals surface area contributed by atoms with E-state index in [1.54, 1.807) is 12.1 Å². The van der Waals surface area contributed by atoms with Crippen molar-refractivity contribution in [3.63, 3.8) is 0 Å². The number of carbonyl (C=O) groups is 1. The average molecular weight is 474 g/mol. The Labute approximate surface area is 238 Å². The molecule has 3 rings (SSSR count). The molecule has 1 fully saturated rings. The molecule has 0 aromatic heterocycles. The minimum absolute atomic E-state index is 0. The first-order valence-electron chi connectivity index (χ1n) is 10.3. The van der Waals surface area contributed by atoms with Crippen LogP contribution in [0.2, 0.25) is 0 Å². The summed E-state index contributed by atoms with van der Waals surface area (Å²) in [5.41, 5.74) is 2.81. The maximum absolute atomic E-state index is 12.6. The summed E-state index contributed by atoms with van der Waals surface area (Å²) >= 11 is 0. The minimum atomic E-state index is -0.612. The number of hydrogen-bond acceptors (Lipinski definition) is 6. The summed E-state index contributed by atoms with van der Waals surface area (Å²) in [5, 5.41) is 25.2. The van der Waals surface area contributed by atoms with Crippen molar-refractivity contribution < 1.29 is 70.8 Å². The van der Waals surface area contributed by atoms with E-state index in [-0.39, 0.29) is 76.7 Å². The van der Waals surface area contributed by atoms with Crippen molar-refractivity contribution in [2.45, 2.75) is 37.8 Å². The van der Waals surface area contributed by atoms with E-state index in [9.17, 15) is 20.0 Å². The number of benzene rings is 2. The van der Waals surface area contributed by atoms with Gasteiger partial charge in [0.2, 0.25) is 5.91 Å². The molecule has 2 aromatic carbocycles. The summed E-state index contributed by atoms with van der Waals surface area (Å²) in [7, 11) is 0. The van der Waals surface area contributed by atoms with Gasteiger partial charge in [-0.05, 0) is 24.8 Å². The first-order valence-corrected chi connectivity index (χ1v) is 10.3. The molecule has 8 heteroatoms. The molecule has 0 radical (unpaired) electrons. The molecule has 3 N–H and O–H groups in total. The van der Waals surface area contributed by atoms with E-state index in [0.29, 0.717) is 38.1 Å². The second-order valence-electron chi connectivity index (χ2n) is 7.66. The van der Waals surface area contributed by atoms with Crippen molar-refractivity contribution in [3.8, 4) is 22.9 Å². The van der Waals surface area contributed by atoms with E-state index >= 15 is 0 Å². The topological polar surface area (TPSA) is 111 Å². The SMILES string of the molecule is N#CC(Cc1ccc(-c2c[c-]c(O[C-]=O)cc2)cc1)NC(=O)C1CCCC(O)CNC1.[CH3-].[K+]. The summed E-state index contributed by atoms with van der Waals surface area (Å²) in [6.45, 7) is 2.35. The van der Waals surface area contributed by atoms with Gasteiger partial charge in [0.1, 0.15) is 6.04 Å². The van der Waals surface area contributed by atoms with Crippen LogP contribution in [0.3, 0.4) is 0 Å². The molecule has 0 spiro atoms. The number of carbonyl (C=O) groups excluding carboxylic acids is 2. The van der Waals surface area contributed by atoms with E-state index < -0.39 is 6.04 Å². The quantitative estimate of drug-likeness (QED) is 0.364. The minimum Gasteiger partial charge on any atom is -0.634 e. The second kappa shape index (κ2) is 15.4. The third-order valence-corrected chi connectivity index (χ3v) is 5.37. The molecule has 1 amide bonds. The van der Waals surface area contributed by atoms with Gasteiger partial charge in [-0.15, -0.1) is 11.3 Å². The van der Waals surface area contributed by atoms with Gasteiger partial charge < -0.3 is 32.7 Å². The van der Waals surface area contributed by atoms with Crippen molar-refractivity contribution in [3.05, 3.63) is 61.5 Å². The van der Waals surface area contributed by atoms with E-state index in [1.165, 1.54) is 6.47 Å². The number of hydrogen-bond donors (Lipinski definition) is 3. The van der Waals surface area contributed by atoms with Crippen molar-refractivity contribution in [1.82, 2.24) is 10.6 Å². The predicted molar refractivity (Wildman–Crippen MR) is 121 cm³/mol. The molecule has 1 heterocycles. The number of amides is 1. The van der Waals surface area contributed by atoms with Crippen LogP contribution < -0.4 is 66.8 Å². The zero-order valence-electron chi connectivity index (χ0n) is 19.1. The normalized spacial score (nSPS) is 18.7. The summed E-state index contributed by atoms with van der Waals surface area (Å²) in [4.78, 5) is 22.9. The number of rotatable bonds is 7. The summed E-state index contributed by atoms with van der Waals surface area (Å²) in [6, 6.07) is 17.3. The van der Waals surface area contributed by atoms with Crippen LogP contribution >= 0.6 is 0 Å². The maximum Gasteiger partial charge on any atom is 1.00 e. The fraction of sp³-hybridized carbons (Fsp3) is 0.360. The molecule has 0 saturated carbocycles. The van der Waals surface area contributed by atoms with Crippen LogP contribution in [-0.2, 0) is 16.0 Å². The Kier molecular flexibility index (Phi) is 13.7. The monoisotopic (exact) mass is 473 g/mol. The van der Waals surface area contributed by atoms with E-state index in [1.807, 2.05) is 30.3 Å². The van der Waals surface area contributed by atoms with Gasteiger partial charge in [-0.3, -0.25) is 4.79 Å². The third kappa shape index (κ3) is 9.30. The first kappa shape index (κ1) is 29.5. The van der Waals surface area contributed by atoms with Crippen molar-refractivity contribution in [2.24, 2.45) is 5.92 Å². The number of nitriles is 1. The smallest absolute Gasteiger partial charge is 0.634 e. The maximum atomic E-state index is 12.6. The number of β-amino-alcohol motifs (C(OH)–C–C–N with tert-alkyl or cyclic N) is 1. The van der Waals surface area contributed by atoms with Crippen molar-refractivity contribution in [1.29, 1.82) is 5.26 Å². The van der Waals surface area contributed by atoms with Gasteiger partial charge in [-0.25, -0.2) is 12.1 Å². The number of nitrogens with one attached hydrogen (secondary N) is 2. The molecule has 170 valence electrons. The van der Waals surface area contributed by atoms with Crippen LogP contribution in [0.5, 0.6) is 5.75 Å². The van der Waals surface area contributed by atoms with Gasteiger partial charge in [0.05, 0.1) is 18.1 Å². The number of aliphatic hydroxyl groups is 1. The van der Waals surface area contributed by atoms with Crippen LogP contribution in [0.1, 0.15) is 24.8 Å². The van der Waals surface area contributed by atoms with E-state index in [2.05, 4.69) is 27.5 Å². The molecule has 33 heavy (non-hydrogen) atoms. The Balaban J connectivity index is 0.00000272. The van der Waals surface area contributed by atoms with Crippen LogP contribution in [0.4, 0.5) is 0 Å². The van der Waals surface area contributed by atoms with Gasteiger partial charge in [-0.2, -0.15) is 17.4 Å². The molecule has 0 bridgehead atoms. The van der Waals surface area contributed by atoms with Gasteiger partial charge in [0.25, 0.3) is 0 Å². The van der Waals surface area contributed by atoms with Gasteiger partial charge in [-0.1, -0.05) is 29.8 Å².